The van der Waals surface area contributed by atoms with Crippen LogP contribution < -0.4 is 10.6 Å². The quantitative estimate of drug-likeness (QED) is 0.802. The number of aromatic nitrogens is 1. The zero-order valence-corrected chi connectivity index (χ0v) is 16.8. The van der Waals surface area contributed by atoms with Gasteiger partial charge in [-0.1, -0.05) is 11.8 Å². The maximum atomic E-state index is 12.7. The van der Waals surface area contributed by atoms with Crippen molar-refractivity contribution in [2.24, 2.45) is 5.92 Å². The van der Waals surface area contributed by atoms with E-state index in [0.717, 1.165) is 18.0 Å². The number of nitrogens with zero attached hydrogens (tertiary/aromatic N) is 2. The molecule has 1 aromatic heterocycles. The first-order valence-corrected chi connectivity index (χ1v) is 10.4. The van der Waals surface area contributed by atoms with Crippen LogP contribution in [-0.4, -0.2) is 46.9 Å². The van der Waals surface area contributed by atoms with Crippen molar-refractivity contribution in [3.8, 4) is 0 Å². The number of fused-ring (bicyclic) bond motifs is 3. The number of benzene rings is 1. The van der Waals surface area contributed by atoms with Gasteiger partial charge in [0, 0.05) is 29.5 Å². The molecular weight excluding hydrogens is 376 g/mol. The van der Waals surface area contributed by atoms with Crippen molar-refractivity contribution in [2.75, 3.05) is 18.4 Å². The second kappa shape index (κ2) is 7.97. The summed E-state index contributed by atoms with van der Waals surface area (Å²) < 4.78 is 5.45. The molecule has 1 aromatic carbocycles. The Morgan fingerprint density at radius 3 is 2.57 bits per heavy atom. The van der Waals surface area contributed by atoms with Gasteiger partial charge in [0.1, 0.15) is 0 Å². The number of rotatable bonds is 5. The Kier molecular flexibility index (Phi) is 5.41. The lowest BCUT2D eigenvalue weighted by molar-refractivity contribution is -0.114. The summed E-state index contributed by atoms with van der Waals surface area (Å²) in [5.41, 5.74) is 0.657. The molecule has 148 valence electrons. The fourth-order valence-electron chi connectivity index (χ4n) is 4.09. The average Bonchev–Trinajstić information content (AvgIpc) is 3.11. The molecule has 2 amide bonds. The first kappa shape index (κ1) is 19.0. The fourth-order valence-corrected chi connectivity index (χ4v) is 4.82. The highest BCUT2D eigenvalue weighted by Crippen LogP contribution is 2.33. The van der Waals surface area contributed by atoms with Crippen molar-refractivity contribution in [1.82, 2.24) is 15.2 Å². The molecule has 5 rings (SSSR count). The molecular formula is C20H24N4O3S. The van der Waals surface area contributed by atoms with Crippen molar-refractivity contribution in [2.45, 2.75) is 48.8 Å². The van der Waals surface area contributed by atoms with Gasteiger partial charge in [-0.25, -0.2) is 4.98 Å². The van der Waals surface area contributed by atoms with Gasteiger partial charge in [0.25, 0.3) is 5.91 Å². The first-order valence-electron chi connectivity index (χ1n) is 9.56. The third-order valence-corrected chi connectivity index (χ3v) is 6.48. The molecule has 2 N–H and O–H groups in total. The van der Waals surface area contributed by atoms with Crippen LogP contribution in [0.4, 0.5) is 6.01 Å². The molecule has 7 nitrogen and oxygen atoms in total. The molecule has 8 heteroatoms. The van der Waals surface area contributed by atoms with E-state index < -0.39 is 0 Å². The third-order valence-electron chi connectivity index (χ3n) is 5.58. The summed E-state index contributed by atoms with van der Waals surface area (Å²) >= 11 is 1.38. The maximum absolute atomic E-state index is 12.7. The Labute approximate surface area is 168 Å². The van der Waals surface area contributed by atoms with Gasteiger partial charge in [-0.2, -0.15) is 0 Å². The molecule has 0 radical (unpaired) electrons. The van der Waals surface area contributed by atoms with E-state index in [1.54, 1.807) is 6.20 Å². The van der Waals surface area contributed by atoms with Gasteiger partial charge in [0.2, 0.25) is 5.91 Å². The fraction of sp³-hybridized carbons (Fsp3) is 0.450. The summed E-state index contributed by atoms with van der Waals surface area (Å²) in [6, 6.07) is 8.24. The van der Waals surface area contributed by atoms with Crippen molar-refractivity contribution in [1.29, 1.82) is 0 Å². The van der Waals surface area contributed by atoms with Gasteiger partial charge < -0.3 is 9.73 Å². The standard InChI is InChI=1S/C20H24N4O3S/c1-12-18(14-7-9-24(12)10-8-14)23-19(26)15-3-5-16(6-4-15)28-17-11-21-20(27-17)22-13(2)25/h3-6,11-12,14,18H,7-10H2,1-2H3,(H,23,26)(H,21,22,25). The average molecular weight is 401 g/mol. The van der Waals surface area contributed by atoms with Crippen LogP contribution in [-0.2, 0) is 4.79 Å². The molecule has 3 aliphatic rings. The van der Waals surface area contributed by atoms with E-state index in [2.05, 4.69) is 27.4 Å². The van der Waals surface area contributed by atoms with Crippen LogP contribution in [0.25, 0.3) is 0 Å². The molecule has 3 saturated heterocycles. The topological polar surface area (TPSA) is 87.5 Å². The Morgan fingerprint density at radius 2 is 1.93 bits per heavy atom. The van der Waals surface area contributed by atoms with Crippen LogP contribution in [0.1, 0.15) is 37.0 Å². The number of hydrogen-bond acceptors (Lipinski definition) is 6. The zero-order chi connectivity index (χ0) is 19.7. The normalized spacial score (nSPS) is 26.1. The Bertz CT molecular complexity index is 857. The van der Waals surface area contributed by atoms with Crippen LogP contribution in [0.2, 0.25) is 0 Å². The lowest BCUT2D eigenvalue weighted by Crippen LogP contribution is -2.62. The third kappa shape index (κ3) is 4.07. The van der Waals surface area contributed by atoms with Gasteiger partial charge in [-0.15, -0.1) is 0 Å². The molecule has 0 spiro atoms. The molecule has 2 atom stereocenters. The molecule has 3 fully saturated rings. The lowest BCUT2D eigenvalue weighted by Gasteiger charge is -2.49. The number of hydrogen-bond donors (Lipinski definition) is 2. The molecule has 28 heavy (non-hydrogen) atoms. The lowest BCUT2D eigenvalue weighted by atomic mass is 9.79. The molecule has 0 saturated carbocycles. The minimum Gasteiger partial charge on any atom is -0.416 e. The van der Waals surface area contributed by atoms with Crippen molar-refractivity contribution >= 4 is 29.6 Å². The van der Waals surface area contributed by atoms with E-state index in [-0.39, 0.29) is 23.9 Å². The van der Waals surface area contributed by atoms with E-state index >= 15 is 0 Å². The molecule has 2 bridgehead atoms. The Balaban J connectivity index is 1.37. The number of nitrogens with one attached hydrogen (secondary N) is 2. The highest BCUT2D eigenvalue weighted by Gasteiger charge is 2.40. The van der Waals surface area contributed by atoms with E-state index in [1.165, 1.54) is 31.5 Å². The Morgan fingerprint density at radius 1 is 1.21 bits per heavy atom. The molecule has 2 aromatic rings. The van der Waals surface area contributed by atoms with Crippen LogP contribution >= 0.6 is 11.8 Å². The summed E-state index contributed by atoms with van der Waals surface area (Å²) in [5, 5.41) is 6.32. The van der Waals surface area contributed by atoms with Gasteiger partial charge in [0.15, 0.2) is 5.09 Å². The Hall–Kier alpha value is -2.32. The number of amides is 2. The minimum absolute atomic E-state index is 0.0187. The van der Waals surface area contributed by atoms with E-state index in [9.17, 15) is 9.59 Å². The van der Waals surface area contributed by atoms with Crippen LogP contribution in [0.5, 0.6) is 0 Å². The summed E-state index contributed by atoms with van der Waals surface area (Å²) in [6.45, 7) is 5.91. The summed E-state index contributed by atoms with van der Waals surface area (Å²) in [4.78, 5) is 31.1. The van der Waals surface area contributed by atoms with E-state index in [4.69, 9.17) is 4.42 Å². The van der Waals surface area contributed by atoms with Gasteiger partial charge >= 0.3 is 6.01 Å². The van der Waals surface area contributed by atoms with Crippen molar-refractivity contribution in [3.05, 3.63) is 36.0 Å². The van der Waals surface area contributed by atoms with Crippen molar-refractivity contribution in [3.63, 3.8) is 0 Å². The summed E-state index contributed by atoms with van der Waals surface area (Å²) in [7, 11) is 0. The maximum Gasteiger partial charge on any atom is 0.302 e. The van der Waals surface area contributed by atoms with Gasteiger partial charge in [-0.05, 0) is 63.0 Å². The van der Waals surface area contributed by atoms with E-state index in [0.29, 0.717) is 22.6 Å². The van der Waals surface area contributed by atoms with Gasteiger partial charge in [-0.3, -0.25) is 19.8 Å². The summed E-state index contributed by atoms with van der Waals surface area (Å²) in [5.74, 6) is 0.337. The first-order chi connectivity index (χ1) is 13.5. The number of carbonyl (C=O) groups is 2. The monoisotopic (exact) mass is 400 g/mol. The molecule has 3 aliphatic heterocycles. The van der Waals surface area contributed by atoms with E-state index in [1.807, 2.05) is 24.3 Å². The second-order valence-corrected chi connectivity index (χ2v) is 8.48. The molecule has 2 unspecified atom stereocenters. The molecule has 0 aliphatic carbocycles. The number of piperidine rings is 3. The number of oxazole rings is 1. The zero-order valence-electron chi connectivity index (χ0n) is 16.0. The largest absolute Gasteiger partial charge is 0.416 e. The van der Waals surface area contributed by atoms with Gasteiger partial charge in [0.05, 0.1) is 6.20 Å². The van der Waals surface area contributed by atoms with Crippen LogP contribution in [0.3, 0.4) is 0 Å². The van der Waals surface area contributed by atoms with Crippen LogP contribution in [0, 0.1) is 5.92 Å². The number of carbonyl (C=O) groups excluding carboxylic acids is 2. The van der Waals surface area contributed by atoms with Crippen LogP contribution in [0.15, 0.2) is 44.9 Å². The number of anilines is 1. The minimum atomic E-state index is -0.230. The highest BCUT2D eigenvalue weighted by molar-refractivity contribution is 7.99. The smallest absolute Gasteiger partial charge is 0.302 e. The SMILES string of the molecule is CC(=O)Nc1ncc(Sc2ccc(C(=O)NC3C4CCN(CC4)C3C)cc2)o1. The highest BCUT2D eigenvalue weighted by atomic mass is 32.2. The second-order valence-electron chi connectivity index (χ2n) is 7.41. The predicted octanol–water partition coefficient (Wildman–Crippen LogP) is 3.00. The van der Waals surface area contributed by atoms with Crippen molar-refractivity contribution < 1.29 is 14.0 Å². The summed E-state index contributed by atoms with van der Waals surface area (Å²) in [6.07, 6.45) is 3.90. The predicted molar refractivity (Wildman–Crippen MR) is 106 cm³/mol. The molecule has 4 heterocycles.